The van der Waals surface area contributed by atoms with Gasteiger partial charge in [-0.2, -0.15) is 0 Å². The van der Waals surface area contributed by atoms with Crippen LogP contribution < -0.4 is 0 Å². The van der Waals surface area contributed by atoms with Gasteiger partial charge in [0.1, 0.15) is 12.5 Å². The summed E-state index contributed by atoms with van der Waals surface area (Å²) in [5.74, 6) is -1.06. The van der Waals surface area contributed by atoms with E-state index in [2.05, 4.69) is 0 Å². The lowest BCUT2D eigenvalue weighted by atomic mass is 9.86. The molecule has 1 aromatic carbocycles. The Kier molecular flexibility index (Phi) is 3.65. The normalized spacial score (nSPS) is 22.3. The predicted octanol–water partition coefficient (Wildman–Crippen LogP) is 1.93. The Hall–Kier alpha value is -1.84. The van der Waals surface area contributed by atoms with Crippen molar-refractivity contribution in [3.05, 3.63) is 35.9 Å². The lowest BCUT2D eigenvalue weighted by molar-refractivity contribution is -0.202. The maximum atomic E-state index is 11.8. The molecule has 0 N–H and O–H groups in total. The molecule has 0 radical (unpaired) electrons. The van der Waals surface area contributed by atoms with E-state index in [1.807, 2.05) is 44.2 Å². The molecule has 0 aromatic heterocycles. The summed E-state index contributed by atoms with van der Waals surface area (Å²) < 4.78 is 9.99. The molecule has 4 heteroatoms. The zero-order valence-electron chi connectivity index (χ0n) is 10.5. The van der Waals surface area contributed by atoms with Crippen molar-refractivity contribution in [2.75, 3.05) is 0 Å². The minimum Gasteiger partial charge on any atom is -0.458 e. The Morgan fingerprint density at radius 3 is 2.56 bits per heavy atom. The van der Waals surface area contributed by atoms with E-state index in [4.69, 9.17) is 9.47 Å². The van der Waals surface area contributed by atoms with Gasteiger partial charge in [-0.25, -0.2) is 4.79 Å². The van der Waals surface area contributed by atoms with Gasteiger partial charge in [-0.1, -0.05) is 44.2 Å². The SMILES string of the molecule is CC(C)[C@@H]1C(=O)O[C@H]1C(=O)OCc1ccccc1. The van der Waals surface area contributed by atoms with Crippen molar-refractivity contribution in [3.8, 4) is 0 Å². The van der Waals surface area contributed by atoms with Gasteiger partial charge >= 0.3 is 11.9 Å². The van der Waals surface area contributed by atoms with Crippen LogP contribution in [0.15, 0.2) is 30.3 Å². The number of hydrogen-bond donors (Lipinski definition) is 0. The summed E-state index contributed by atoms with van der Waals surface area (Å²) in [6, 6.07) is 9.40. The van der Waals surface area contributed by atoms with Crippen molar-refractivity contribution in [2.24, 2.45) is 11.8 Å². The fourth-order valence-corrected chi connectivity index (χ4v) is 1.96. The summed E-state index contributed by atoms with van der Waals surface area (Å²) in [4.78, 5) is 23.0. The molecule has 0 unspecified atom stereocenters. The van der Waals surface area contributed by atoms with Crippen LogP contribution in [0, 0.1) is 11.8 Å². The van der Waals surface area contributed by atoms with Gasteiger partial charge in [0.05, 0.1) is 0 Å². The largest absolute Gasteiger partial charge is 0.458 e. The second kappa shape index (κ2) is 5.21. The van der Waals surface area contributed by atoms with Crippen molar-refractivity contribution in [3.63, 3.8) is 0 Å². The number of rotatable bonds is 4. The first-order chi connectivity index (χ1) is 8.59. The van der Waals surface area contributed by atoms with Gasteiger partial charge in [-0.15, -0.1) is 0 Å². The fraction of sp³-hybridized carbons (Fsp3) is 0.429. The summed E-state index contributed by atoms with van der Waals surface area (Å²) in [5.41, 5.74) is 0.914. The van der Waals surface area contributed by atoms with Crippen LogP contribution in [-0.4, -0.2) is 18.0 Å². The Labute approximate surface area is 106 Å². The third-order valence-corrected chi connectivity index (χ3v) is 3.02. The zero-order valence-corrected chi connectivity index (χ0v) is 10.5. The molecule has 1 fully saturated rings. The van der Waals surface area contributed by atoms with Crippen LogP contribution in [0.2, 0.25) is 0 Å². The van der Waals surface area contributed by atoms with Gasteiger partial charge in [-0.3, -0.25) is 4.79 Å². The summed E-state index contributed by atoms with van der Waals surface area (Å²) >= 11 is 0. The average Bonchev–Trinajstić information content (AvgIpc) is 2.33. The van der Waals surface area contributed by atoms with Crippen LogP contribution in [0.25, 0.3) is 0 Å². The highest BCUT2D eigenvalue weighted by atomic mass is 16.6. The second-order valence-corrected chi connectivity index (χ2v) is 4.72. The highest BCUT2D eigenvalue weighted by Crippen LogP contribution is 2.30. The van der Waals surface area contributed by atoms with Crippen LogP contribution in [0.5, 0.6) is 0 Å². The van der Waals surface area contributed by atoms with Crippen LogP contribution in [0.1, 0.15) is 19.4 Å². The molecule has 1 aliphatic rings. The van der Waals surface area contributed by atoms with Gasteiger partial charge in [0.15, 0.2) is 0 Å². The lowest BCUT2D eigenvalue weighted by Gasteiger charge is -2.35. The number of carbonyl (C=O) groups is 2. The molecule has 1 aromatic rings. The quantitative estimate of drug-likeness (QED) is 0.764. The molecule has 0 spiro atoms. The molecule has 18 heavy (non-hydrogen) atoms. The van der Waals surface area contributed by atoms with Gasteiger partial charge in [-0.05, 0) is 11.5 Å². The molecular formula is C14H16O4. The molecule has 2 rings (SSSR count). The number of cyclic esters (lactones) is 1. The van der Waals surface area contributed by atoms with Gasteiger partial charge in [0.2, 0.25) is 6.10 Å². The monoisotopic (exact) mass is 248 g/mol. The molecule has 1 saturated heterocycles. The summed E-state index contributed by atoms with van der Waals surface area (Å²) in [7, 11) is 0. The molecule has 0 bridgehead atoms. The number of ether oxygens (including phenoxy) is 2. The van der Waals surface area contributed by atoms with E-state index in [1.54, 1.807) is 0 Å². The molecule has 0 saturated carbocycles. The first kappa shape index (κ1) is 12.6. The smallest absolute Gasteiger partial charge is 0.348 e. The molecule has 0 amide bonds. The molecule has 0 aliphatic carbocycles. The third-order valence-electron chi connectivity index (χ3n) is 3.02. The lowest BCUT2D eigenvalue weighted by Crippen LogP contribution is -2.52. The Morgan fingerprint density at radius 2 is 2.00 bits per heavy atom. The minimum atomic E-state index is -0.735. The second-order valence-electron chi connectivity index (χ2n) is 4.72. The van der Waals surface area contributed by atoms with Crippen LogP contribution >= 0.6 is 0 Å². The number of benzene rings is 1. The van der Waals surface area contributed by atoms with E-state index >= 15 is 0 Å². The summed E-state index contributed by atoms with van der Waals surface area (Å²) in [6.45, 7) is 3.99. The predicted molar refractivity (Wildman–Crippen MR) is 64.4 cm³/mol. The summed E-state index contributed by atoms with van der Waals surface area (Å²) in [6.07, 6.45) is -0.735. The highest BCUT2D eigenvalue weighted by Gasteiger charge is 2.49. The van der Waals surface area contributed by atoms with Crippen molar-refractivity contribution in [1.82, 2.24) is 0 Å². The first-order valence-corrected chi connectivity index (χ1v) is 6.00. The van der Waals surface area contributed by atoms with Gasteiger partial charge < -0.3 is 9.47 Å². The van der Waals surface area contributed by atoms with Gasteiger partial charge in [0, 0.05) is 0 Å². The molecule has 2 atom stereocenters. The number of esters is 2. The molecule has 96 valence electrons. The highest BCUT2D eigenvalue weighted by molar-refractivity contribution is 5.91. The van der Waals surface area contributed by atoms with Gasteiger partial charge in [0.25, 0.3) is 0 Å². The Bertz CT molecular complexity index is 438. The van der Waals surface area contributed by atoms with Crippen LogP contribution in [-0.2, 0) is 25.7 Å². The maximum absolute atomic E-state index is 11.8. The Balaban J connectivity index is 1.88. The van der Waals surface area contributed by atoms with Crippen molar-refractivity contribution >= 4 is 11.9 Å². The van der Waals surface area contributed by atoms with E-state index in [-0.39, 0.29) is 24.4 Å². The zero-order chi connectivity index (χ0) is 13.1. The molecular weight excluding hydrogens is 232 g/mol. The van der Waals surface area contributed by atoms with Crippen molar-refractivity contribution in [2.45, 2.75) is 26.6 Å². The van der Waals surface area contributed by atoms with Crippen LogP contribution in [0.4, 0.5) is 0 Å². The standard InChI is InChI=1S/C14H16O4/c1-9(2)11-12(18-13(11)15)14(16)17-8-10-6-4-3-5-7-10/h3-7,9,11-12H,8H2,1-2H3/t11-,12+/m0/s1. The topological polar surface area (TPSA) is 52.6 Å². The van der Waals surface area contributed by atoms with E-state index < -0.39 is 12.1 Å². The average molecular weight is 248 g/mol. The first-order valence-electron chi connectivity index (χ1n) is 6.00. The van der Waals surface area contributed by atoms with E-state index in [0.29, 0.717) is 0 Å². The fourth-order valence-electron chi connectivity index (χ4n) is 1.96. The van der Waals surface area contributed by atoms with Crippen molar-refractivity contribution in [1.29, 1.82) is 0 Å². The number of hydrogen-bond acceptors (Lipinski definition) is 4. The van der Waals surface area contributed by atoms with E-state index in [0.717, 1.165) is 5.56 Å². The number of carbonyl (C=O) groups excluding carboxylic acids is 2. The third kappa shape index (κ3) is 2.53. The molecule has 1 heterocycles. The maximum Gasteiger partial charge on any atom is 0.348 e. The summed E-state index contributed by atoms with van der Waals surface area (Å²) in [5, 5.41) is 0. The van der Waals surface area contributed by atoms with Crippen LogP contribution in [0.3, 0.4) is 0 Å². The minimum absolute atomic E-state index is 0.0838. The van der Waals surface area contributed by atoms with Crippen molar-refractivity contribution < 1.29 is 19.1 Å². The van der Waals surface area contributed by atoms with E-state index in [1.165, 1.54) is 0 Å². The molecule has 4 nitrogen and oxygen atoms in total. The Morgan fingerprint density at radius 1 is 1.33 bits per heavy atom. The molecule has 1 aliphatic heterocycles. The van der Waals surface area contributed by atoms with E-state index in [9.17, 15) is 9.59 Å².